The number of amides is 1. The van der Waals surface area contributed by atoms with Gasteiger partial charge in [0.25, 0.3) is 5.91 Å². The number of aromatic nitrogens is 2. The molecule has 1 amide bonds. The SMILES string of the molecule is CN1CCN(CCCN2CC3CC2(c2nc4c(C(N)=O)cccc4[nH]2)C3)CC1. The highest BCUT2D eigenvalue weighted by atomic mass is 16.1. The van der Waals surface area contributed by atoms with Crippen LogP contribution in [-0.4, -0.2) is 83.4 Å². The molecule has 3 N–H and O–H groups in total. The molecule has 3 aliphatic heterocycles. The number of likely N-dealkylation sites (N-methyl/N-ethyl adjacent to an activating group) is 1. The van der Waals surface area contributed by atoms with Crippen LogP contribution in [0.1, 0.15) is 35.4 Å². The number of rotatable bonds is 6. The van der Waals surface area contributed by atoms with E-state index < -0.39 is 5.91 Å². The van der Waals surface area contributed by atoms with Gasteiger partial charge in [0.1, 0.15) is 11.3 Å². The quantitative estimate of drug-likeness (QED) is 0.785. The lowest BCUT2D eigenvalue weighted by Gasteiger charge is -2.41. The average molecular weight is 383 g/mol. The Morgan fingerprint density at radius 2 is 2.04 bits per heavy atom. The molecule has 28 heavy (non-hydrogen) atoms. The van der Waals surface area contributed by atoms with Crippen LogP contribution in [0.15, 0.2) is 18.2 Å². The number of hydrogen-bond acceptors (Lipinski definition) is 5. The molecule has 4 aliphatic rings. The van der Waals surface area contributed by atoms with Gasteiger partial charge in [-0.25, -0.2) is 4.98 Å². The molecule has 0 radical (unpaired) electrons. The number of carbonyl (C=O) groups is 1. The van der Waals surface area contributed by atoms with Crippen molar-refractivity contribution >= 4 is 16.9 Å². The molecule has 1 aromatic heterocycles. The number of H-pyrrole nitrogens is 1. The van der Waals surface area contributed by atoms with E-state index in [2.05, 4.69) is 26.7 Å². The fraction of sp³-hybridized carbons (Fsp3) is 0.619. The first kappa shape index (κ1) is 18.1. The lowest BCUT2D eigenvalue weighted by molar-refractivity contribution is 0.0882. The molecule has 7 nitrogen and oxygen atoms in total. The highest BCUT2D eigenvalue weighted by Gasteiger charge is 2.58. The van der Waals surface area contributed by atoms with E-state index in [1.807, 2.05) is 12.1 Å². The maximum Gasteiger partial charge on any atom is 0.250 e. The van der Waals surface area contributed by atoms with Crippen LogP contribution in [-0.2, 0) is 5.54 Å². The maximum absolute atomic E-state index is 11.8. The molecule has 2 bridgehead atoms. The van der Waals surface area contributed by atoms with Crippen molar-refractivity contribution in [3.05, 3.63) is 29.6 Å². The van der Waals surface area contributed by atoms with Gasteiger partial charge in [-0.1, -0.05) is 6.07 Å². The van der Waals surface area contributed by atoms with Crippen molar-refractivity contribution in [2.75, 3.05) is 52.9 Å². The van der Waals surface area contributed by atoms with Gasteiger partial charge in [0.2, 0.25) is 0 Å². The monoisotopic (exact) mass is 382 g/mol. The Labute approximate surface area is 165 Å². The van der Waals surface area contributed by atoms with Gasteiger partial charge in [-0.2, -0.15) is 0 Å². The molecule has 1 aromatic carbocycles. The molecule has 4 heterocycles. The Bertz CT molecular complexity index is 878. The van der Waals surface area contributed by atoms with Gasteiger partial charge in [0.15, 0.2) is 0 Å². The van der Waals surface area contributed by atoms with Gasteiger partial charge in [0, 0.05) is 39.3 Å². The maximum atomic E-state index is 11.8. The van der Waals surface area contributed by atoms with Crippen LogP contribution in [0.25, 0.3) is 11.0 Å². The van der Waals surface area contributed by atoms with Gasteiger partial charge in [0.05, 0.1) is 16.6 Å². The summed E-state index contributed by atoms with van der Waals surface area (Å²) in [5.74, 6) is 1.39. The van der Waals surface area contributed by atoms with Crippen LogP contribution in [0, 0.1) is 5.92 Å². The molecule has 3 saturated heterocycles. The van der Waals surface area contributed by atoms with Crippen molar-refractivity contribution in [3.63, 3.8) is 0 Å². The number of imidazole rings is 1. The lowest BCUT2D eigenvalue weighted by Crippen LogP contribution is -2.46. The minimum Gasteiger partial charge on any atom is -0.366 e. The van der Waals surface area contributed by atoms with Crippen LogP contribution in [0.4, 0.5) is 0 Å². The summed E-state index contributed by atoms with van der Waals surface area (Å²) in [5.41, 5.74) is 7.71. The summed E-state index contributed by atoms with van der Waals surface area (Å²) in [6, 6.07) is 5.62. The molecule has 150 valence electrons. The van der Waals surface area contributed by atoms with E-state index in [4.69, 9.17) is 10.7 Å². The molecular weight excluding hydrogens is 352 g/mol. The predicted molar refractivity (Wildman–Crippen MR) is 109 cm³/mol. The number of fused-ring (bicyclic) bond motifs is 2. The van der Waals surface area contributed by atoms with Crippen molar-refractivity contribution in [1.82, 2.24) is 24.7 Å². The van der Waals surface area contributed by atoms with Gasteiger partial charge >= 0.3 is 0 Å². The zero-order chi connectivity index (χ0) is 19.3. The minimum absolute atomic E-state index is 0.0285. The molecule has 7 heteroatoms. The Morgan fingerprint density at radius 1 is 1.25 bits per heavy atom. The number of nitrogens with two attached hydrogens (primary N) is 1. The first-order valence-corrected chi connectivity index (χ1v) is 10.5. The zero-order valence-electron chi connectivity index (χ0n) is 16.7. The number of nitrogens with one attached hydrogen (secondary N) is 1. The van der Waals surface area contributed by atoms with Gasteiger partial charge in [-0.05, 0) is 50.9 Å². The highest BCUT2D eigenvalue weighted by Crippen LogP contribution is 2.56. The normalized spacial score (nSPS) is 28.7. The van der Waals surface area contributed by atoms with Crippen LogP contribution in [0.5, 0.6) is 0 Å². The van der Waals surface area contributed by atoms with E-state index in [0.717, 1.165) is 23.8 Å². The predicted octanol–water partition coefficient (Wildman–Crippen LogP) is 1.22. The number of benzene rings is 1. The number of carbonyl (C=O) groups excluding carboxylic acids is 1. The number of nitrogens with zero attached hydrogens (tertiary/aromatic N) is 4. The second-order valence-corrected chi connectivity index (χ2v) is 8.90. The number of piperazine rings is 1. The molecule has 0 atom stereocenters. The first-order chi connectivity index (χ1) is 13.5. The van der Waals surface area contributed by atoms with Crippen molar-refractivity contribution in [2.45, 2.75) is 24.8 Å². The summed E-state index contributed by atoms with van der Waals surface area (Å²) in [7, 11) is 2.20. The Morgan fingerprint density at radius 3 is 2.79 bits per heavy atom. The van der Waals surface area contributed by atoms with E-state index in [-0.39, 0.29) is 5.54 Å². The fourth-order valence-electron chi connectivity index (χ4n) is 5.43. The van der Waals surface area contributed by atoms with E-state index in [1.54, 1.807) is 6.07 Å². The summed E-state index contributed by atoms with van der Waals surface area (Å²) < 4.78 is 0. The topological polar surface area (TPSA) is 81.5 Å². The van der Waals surface area contributed by atoms with Crippen molar-refractivity contribution in [1.29, 1.82) is 0 Å². The molecular formula is C21H30N6O. The largest absolute Gasteiger partial charge is 0.366 e. The number of primary amides is 1. The van der Waals surface area contributed by atoms with E-state index >= 15 is 0 Å². The molecule has 0 unspecified atom stereocenters. The summed E-state index contributed by atoms with van der Waals surface area (Å²) in [4.78, 5) is 27.8. The first-order valence-electron chi connectivity index (χ1n) is 10.5. The molecule has 4 fully saturated rings. The summed E-state index contributed by atoms with van der Waals surface area (Å²) >= 11 is 0. The second kappa shape index (κ2) is 6.83. The summed E-state index contributed by atoms with van der Waals surface area (Å²) in [5, 5.41) is 0. The molecule has 0 spiro atoms. The average Bonchev–Trinajstić information content (AvgIpc) is 3.32. The third-order valence-corrected chi connectivity index (χ3v) is 7.05. The molecule has 1 aliphatic carbocycles. The summed E-state index contributed by atoms with van der Waals surface area (Å²) in [6.45, 7) is 8.18. The van der Waals surface area contributed by atoms with Crippen LogP contribution in [0.3, 0.4) is 0 Å². The van der Waals surface area contributed by atoms with Crippen LogP contribution >= 0.6 is 0 Å². The summed E-state index contributed by atoms with van der Waals surface area (Å²) in [6.07, 6.45) is 3.55. The van der Waals surface area contributed by atoms with Crippen LogP contribution in [0.2, 0.25) is 0 Å². The molecule has 6 rings (SSSR count). The third kappa shape index (κ3) is 2.93. The Kier molecular flexibility index (Phi) is 4.41. The van der Waals surface area contributed by atoms with E-state index in [1.165, 1.54) is 58.5 Å². The minimum atomic E-state index is -0.414. The van der Waals surface area contributed by atoms with Gasteiger partial charge in [-0.3, -0.25) is 9.69 Å². The molecule has 2 aromatic rings. The van der Waals surface area contributed by atoms with Gasteiger partial charge < -0.3 is 20.5 Å². The highest BCUT2D eigenvalue weighted by molar-refractivity contribution is 6.04. The van der Waals surface area contributed by atoms with E-state index in [9.17, 15) is 4.79 Å². The standard InChI is InChI=1S/C21H30N6O/c1-25-8-10-26(11-9-25)6-3-7-27-14-15-12-21(27,13-15)20-23-17-5-2-4-16(19(22)28)18(17)24-20/h2,4-5,15H,3,6-14H2,1H3,(H2,22,28)(H,23,24). The number of aromatic amines is 1. The third-order valence-electron chi connectivity index (χ3n) is 7.05. The smallest absolute Gasteiger partial charge is 0.250 e. The second-order valence-electron chi connectivity index (χ2n) is 8.90. The zero-order valence-corrected chi connectivity index (χ0v) is 16.7. The Hall–Kier alpha value is -1.96. The fourth-order valence-corrected chi connectivity index (χ4v) is 5.43. The van der Waals surface area contributed by atoms with Gasteiger partial charge in [-0.15, -0.1) is 0 Å². The number of para-hydroxylation sites is 1. The van der Waals surface area contributed by atoms with Crippen molar-refractivity contribution in [2.24, 2.45) is 11.7 Å². The van der Waals surface area contributed by atoms with Crippen molar-refractivity contribution < 1.29 is 4.79 Å². The number of hydrogen-bond donors (Lipinski definition) is 2. The lowest BCUT2D eigenvalue weighted by atomic mass is 9.72. The van der Waals surface area contributed by atoms with Crippen LogP contribution < -0.4 is 5.73 Å². The van der Waals surface area contributed by atoms with E-state index in [0.29, 0.717) is 11.1 Å². The molecule has 1 saturated carbocycles. The Balaban J connectivity index is 1.30. The van der Waals surface area contributed by atoms with Crippen molar-refractivity contribution in [3.8, 4) is 0 Å².